The van der Waals surface area contributed by atoms with E-state index in [1.807, 2.05) is 38.1 Å². The van der Waals surface area contributed by atoms with E-state index in [2.05, 4.69) is 17.6 Å². The van der Waals surface area contributed by atoms with Crippen molar-refractivity contribution in [2.75, 3.05) is 4.90 Å². The molecule has 0 aliphatic carbocycles. The molecule has 1 aliphatic rings. The van der Waals surface area contributed by atoms with Crippen LogP contribution in [-0.2, 0) is 11.3 Å². The minimum Gasteiger partial charge on any atom is -0.349 e. The zero-order valence-corrected chi connectivity index (χ0v) is 14.2. The lowest BCUT2D eigenvalue weighted by Gasteiger charge is -2.11. The average molecular weight is 326 g/mol. The van der Waals surface area contributed by atoms with Gasteiger partial charge in [-0.05, 0) is 62.4 Å². The normalized spacial score (nSPS) is 16.7. The lowest BCUT2D eigenvalue weighted by atomic mass is 10.2. The molecule has 0 radical (unpaired) electrons. The third-order valence-electron chi connectivity index (χ3n) is 4.02. The fourth-order valence-corrected chi connectivity index (χ4v) is 3.70. The Hall–Kier alpha value is -2.27. The number of nitrogens with zero attached hydrogens (tertiary/aromatic N) is 2. The number of anilines is 1. The van der Waals surface area contributed by atoms with Crippen molar-refractivity contribution in [3.8, 4) is 0 Å². The summed E-state index contributed by atoms with van der Waals surface area (Å²) in [6.07, 6.45) is 1.82. The molecule has 0 bridgehead atoms. The Morgan fingerprint density at radius 3 is 2.43 bits per heavy atom. The van der Waals surface area contributed by atoms with E-state index in [1.165, 1.54) is 4.90 Å². The summed E-state index contributed by atoms with van der Waals surface area (Å²) >= 11 is 0.992. The highest BCUT2D eigenvalue weighted by atomic mass is 32.2. The van der Waals surface area contributed by atoms with Crippen molar-refractivity contribution in [3.63, 3.8) is 0 Å². The summed E-state index contributed by atoms with van der Waals surface area (Å²) in [6.45, 7) is 7.05. The summed E-state index contributed by atoms with van der Waals surface area (Å²) in [7, 11) is 0. The number of amides is 2. The summed E-state index contributed by atoms with van der Waals surface area (Å²) in [6, 6.07) is 11.1. The van der Waals surface area contributed by atoms with Crippen molar-refractivity contribution in [1.82, 2.24) is 4.57 Å². The Balaban J connectivity index is 1.97. The number of thioether (sulfide) groups is 1. The van der Waals surface area contributed by atoms with Crippen LogP contribution < -0.4 is 4.90 Å². The van der Waals surface area contributed by atoms with Crippen molar-refractivity contribution in [2.24, 2.45) is 0 Å². The van der Waals surface area contributed by atoms with Crippen LogP contribution in [0.25, 0.3) is 6.08 Å². The van der Waals surface area contributed by atoms with Crippen LogP contribution in [0, 0.1) is 13.8 Å². The van der Waals surface area contributed by atoms with Crippen molar-refractivity contribution >= 4 is 34.7 Å². The molecular weight excluding hydrogens is 308 g/mol. The van der Waals surface area contributed by atoms with Crippen LogP contribution in [0.2, 0.25) is 0 Å². The molecule has 0 unspecified atom stereocenters. The maximum atomic E-state index is 12.6. The first-order valence-corrected chi connectivity index (χ1v) is 8.34. The molecule has 1 aliphatic heterocycles. The summed E-state index contributed by atoms with van der Waals surface area (Å²) < 4.78 is 2.19. The minimum absolute atomic E-state index is 0.253. The molecule has 2 amide bonds. The maximum absolute atomic E-state index is 12.6. The van der Waals surface area contributed by atoms with E-state index in [1.54, 1.807) is 12.1 Å². The number of carbonyl (C=O) groups is 2. The van der Waals surface area contributed by atoms with Gasteiger partial charge < -0.3 is 4.57 Å². The highest BCUT2D eigenvalue weighted by Crippen LogP contribution is 2.36. The van der Waals surface area contributed by atoms with E-state index in [-0.39, 0.29) is 11.1 Å². The predicted octanol–water partition coefficient (Wildman–Crippen LogP) is 4.37. The number of carbonyl (C=O) groups excluding carboxylic acids is 2. The van der Waals surface area contributed by atoms with Crippen molar-refractivity contribution in [2.45, 2.75) is 27.3 Å². The molecule has 1 fully saturated rings. The number of imide groups is 1. The Bertz CT molecular complexity index is 806. The van der Waals surface area contributed by atoms with E-state index < -0.39 is 0 Å². The molecule has 118 valence electrons. The Morgan fingerprint density at radius 2 is 1.83 bits per heavy atom. The molecule has 1 aromatic carbocycles. The zero-order chi connectivity index (χ0) is 16.6. The number of hydrogen-bond acceptors (Lipinski definition) is 3. The van der Waals surface area contributed by atoms with Gasteiger partial charge in [-0.25, -0.2) is 4.90 Å². The van der Waals surface area contributed by atoms with Gasteiger partial charge in [-0.1, -0.05) is 18.2 Å². The van der Waals surface area contributed by atoms with Crippen LogP contribution in [0.3, 0.4) is 0 Å². The lowest BCUT2D eigenvalue weighted by molar-refractivity contribution is -0.113. The van der Waals surface area contributed by atoms with E-state index in [0.29, 0.717) is 10.6 Å². The first-order valence-electron chi connectivity index (χ1n) is 7.52. The zero-order valence-electron chi connectivity index (χ0n) is 13.4. The van der Waals surface area contributed by atoms with Gasteiger partial charge in [0.2, 0.25) is 0 Å². The fraction of sp³-hybridized carbons (Fsp3) is 0.222. The van der Waals surface area contributed by atoms with E-state index in [0.717, 1.165) is 35.3 Å². The van der Waals surface area contributed by atoms with E-state index in [9.17, 15) is 9.59 Å². The number of benzene rings is 1. The second-order valence-corrected chi connectivity index (χ2v) is 6.42. The van der Waals surface area contributed by atoms with Gasteiger partial charge in [-0.3, -0.25) is 9.59 Å². The van der Waals surface area contributed by atoms with Gasteiger partial charge in [0.25, 0.3) is 11.1 Å². The van der Waals surface area contributed by atoms with Crippen LogP contribution in [0.4, 0.5) is 10.5 Å². The van der Waals surface area contributed by atoms with Gasteiger partial charge >= 0.3 is 0 Å². The van der Waals surface area contributed by atoms with E-state index >= 15 is 0 Å². The van der Waals surface area contributed by atoms with Gasteiger partial charge in [-0.2, -0.15) is 0 Å². The Morgan fingerprint density at radius 1 is 1.13 bits per heavy atom. The fourth-order valence-electron chi connectivity index (χ4n) is 2.87. The largest absolute Gasteiger partial charge is 0.349 e. The van der Waals surface area contributed by atoms with Gasteiger partial charge in [0, 0.05) is 17.9 Å². The van der Waals surface area contributed by atoms with Crippen molar-refractivity contribution in [3.05, 3.63) is 58.3 Å². The number of aromatic nitrogens is 1. The molecule has 0 saturated carbocycles. The third kappa shape index (κ3) is 2.72. The molecule has 2 heterocycles. The first-order chi connectivity index (χ1) is 11.0. The number of para-hydroxylation sites is 1. The van der Waals surface area contributed by atoms with Gasteiger partial charge in [-0.15, -0.1) is 0 Å². The van der Waals surface area contributed by atoms with Crippen LogP contribution in [-0.4, -0.2) is 15.7 Å². The van der Waals surface area contributed by atoms with Crippen LogP contribution >= 0.6 is 11.8 Å². The standard InChI is InChI=1S/C18H18N2O2S/c1-4-19-12(2)10-14(13(19)3)11-16-17(21)20(18(22)23-16)15-8-6-5-7-9-15/h5-11H,4H2,1-3H3/b16-11+. The number of hydrogen-bond donors (Lipinski definition) is 0. The summed E-state index contributed by atoms with van der Waals surface area (Å²) in [5.74, 6) is -0.257. The average Bonchev–Trinajstić information content (AvgIpc) is 2.96. The minimum atomic E-state index is -0.257. The van der Waals surface area contributed by atoms with Gasteiger partial charge in [0.1, 0.15) is 0 Å². The lowest BCUT2D eigenvalue weighted by Crippen LogP contribution is -2.27. The molecular formula is C18H18N2O2S. The molecule has 4 nitrogen and oxygen atoms in total. The van der Waals surface area contributed by atoms with E-state index in [4.69, 9.17) is 0 Å². The molecule has 23 heavy (non-hydrogen) atoms. The SMILES string of the molecule is CCn1c(C)cc(/C=C2/SC(=O)N(c3ccccc3)C2=O)c1C. The molecule has 2 aromatic rings. The molecule has 3 rings (SSSR count). The molecule has 1 aromatic heterocycles. The number of aryl methyl sites for hydroxylation is 1. The maximum Gasteiger partial charge on any atom is 0.298 e. The highest BCUT2D eigenvalue weighted by molar-refractivity contribution is 8.19. The molecule has 5 heteroatoms. The van der Waals surface area contributed by atoms with Crippen LogP contribution in [0.1, 0.15) is 23.9 Å². The van der Waals surface area contributed by atoms with Crippen molar-refractivity contribution < 1.29 is 9.59 Å². The first kappa shape index (κ1) is 15.6. The van der Waals surface area contributed by atoms with Crippen LogP contribution in [0.15, 0.2) is 41.3 Å². The van der Waals surface area contributed by atoms with Crippen LogP contribution in [0.5, 0.6) is 0 Å². The highest BCUT2D eigenvalue weighted by Gasteiger charge is 2.36. The summed E-state index contributed by atoms with van der Waals surface area (Å²) in [5, 5.41) is -0.253. The molecule has 0 atom stereocenters. The summed E-state index contributed by atoms with van der Waals surface area (Å²) in [5.41, 5.74) is 3.86. The van der Waals surface area contributed by atoms with Crippen molar-refractivity contribution in [1.29, 1.82) is 0 Å². The molecule has 1 saturated heterocycles. The van der Waals surface area contributed by atoms with Gasteiger partial charge in [0.15, 0.2) is 0 Å². The monoisotopic (exact) mass is 326 g/mol. The Kier molecular flexibility index (Phi) is 4.13. The smallest absolute Gasteiger partial charge is 0.298 e. The number of rotatable bonds is 3. The third-order valence-corrected chi connectivity index (χ3v) is 4.89. The quantitative estimate of drug-likeness (QED) is 0.787. The summed E-state index contributed by atoms with van der Waals surface area (Å²) in [4.78, 5) is 26.5. The Labute approximate surface area is 139 Å². The second-order valence-electron chi connectivity index (χ2n) is 5.42. The molecule has 0 spiro atoms. The molecule has 0 N–H and O–H groups in total. The predicted molar refractivity (Wildman–Crippen MR) is 94.5 cm³/mol. The van der Waals surface area contributed by atoms with Gasteiger partial charge in [0.05, 0.1) is 10.6 Å². The topological polar surface area (TPSA) is 42.3 Å². The second kappa shape index (κ2) is 6.08.